The van der Waals surface area contributed by atoms with Crippen molar-refractivity contribution in [1.29, 1.82) is 5.26 Å². The van der Waals surface area contributed by atoms with Gasteiger partial charge in [0.15, 0.2) is 6.19 Å². The Kier molecular flexibility index (Phi) is 7.87. The second-order valence-corrected chi connectivity index (χ2v) is 8.80. The highest BCUT2D eigenvalue weighted by Crippen LogP contribution is 2.27. The van der Waals surface area contributed by atoms with Crippen molar-refractivity contribution in [1.82, 2.24) is 10.0 Å². The lowest BCUT2D eigenvalue weighted by Gasteiger charge is -2.18. The predicted octanol–water partition coefficient (Wildman–Crippen LogP) is 3.61. The minimum atomic E-state index is -4.03. The summed E-state index contributed by atoms with van der Waals surface area (Å²) >= 11 is 0. The summed E-state index contributed by atoms with van der Waals surface area (Å²) in [4.78, 5) is 19.2. The maximum absolute atomic E-state index is 13.1. The summed E-state index contributed by atoms with van der Waals surface area (Å²) in [6, 6.07) is 20.8. The first-order valence-electron chi connectivity index (χ1n) is 10.0. The van der Waals surface area contributed by atoms with Crippen LogP contribution in [0.25, 0.3) is 11.1 Å². The number of rotatable bonds is 8. The highest BCUT2D eigenvalue weighted by molar-refractivity contribution is 7.89. The molecule has 3 N–H and O–H groups in total. The van der Waals surface area contributed by atoms with E-state index in [2.05, 4.69) is 26.7 Å². The number of hydrogen-bond acceptors (Lipinski definition) is 5. The molecular formula is C24H21N5O4S. The molecule has 0 bridgehead atoms. The van der Waals surface area contributed by atoms with Crippen molar-refractivity contribution in [3.05, 3.63) is 84.4 Å². The van der Waals surface area contributed by atoms with Crippen LogP contribution in [-0.4, -0.2) is 32.2 Å². The number of nitriles is 1. The van der Waals surface area contributed by atoms with Gasteiger partial charge in [0.25, 0.3) is 0 Å². The summed E-state index contributed by atoms with van der Waals surface area (Å²) in [7, 11) is -4.03. The monoisotopic (exact) mass is 475 g/mol. The zero-order valence-corrected chi connectivity index (χ0v) is 18.7. The molecule has 0 saturated heterocycles. The first-order chi connectivity index (χ1) is 16.3. The average molecular weight is 476 g/mol. The fourth-order valence-corrected chi connectivity index (χ4v) is 4.49. The van der Waals surface area contributed by atoms with Crippen LogP contribution >= 0.6 is 0 Å². The lowest BCUT2D eigenvalue weighted by molar-refractivity contribution is -0.137. The molecule has 0 radical (unpaired) electrons. The second-order valence-electron chi connectivity index (χ2n) is 7.09. The van der Waals surface area contributed by atoms with Crippen LogP contribution in [0.5, 0.6) is 0 Å². The Morgan fingerprint density at radius 1 is 1.03 bits per heavy atom. The summed E-state index contributed by atoms with van der Waals surface area (Å²) in [5, 5.41) is 20.3. The summed E-state index contributed by atoms with van der Waals surface area (Å²) in [6.07, 6.45) is 1.32. The van der Waals surface area contributed by atoms with E-state index in [0.29, 0.717) is 22.4 Å². The normalized spacial score (nSPS) is 12.4. The Labute approximate surface area is 197 Å². The zero-order chi connectivity index (χ0) is 24.6. The Morgan fingerprint density at radius 3 is 2.35 bits per heavy atom. The van der Waals surface area contributed by atoms with Gasteiger partial charge in [0, 0.05) is 0 Å². The number of nitrogens with zero attached hydrogens (tertiary/aromatic N) is 3. The van der Waals surface area contributed by atoms with E-state index >= 15 is 0 Å². The van der Waals surface area contributed by atoms with E-state index in [9.17, 15) is 18.3 Å². The van der Waals surface area contributed by atoms with E-state index in [-0.39, 0.29) is 10.9 Å². The molecule has 1 atom stereocenters. The first-order valence-corrected chi connectivity index (χ1v) is 11.5. The standard InChI is InChI=1S/C24H21N5O4S/c1-26-24(27-16-25)28-20-11-5-9-18(13-20)19-10-6-12-21(14-19)34(32,33)29-22(15-23(30)31)17-7-3-2-4-8-17/h2-14,22,29H,1,15H2,(H,27,28)(H,30,31). The van der Waals surface area contributed by atoms with Crippen LogP contribution in [0.1, 0.15) is 18.0 Å². The van der Waals surface area contributed by atoms with Gasteiger partial charge < -0.3 is 5.11 Å². The Morgan fingerprint density at radius 2 is 1.71 bits per heavy atom. The van der Waals surface area contributed by atoms with Crippen LogP contribution in [0.3, 0.4) is 0 Å². The van der Waals surface area contributed by atoms with Crippen molar-refractivity contribution >= 4 is 34.4 Å². The van der Waals surface area contributed by atoms with Crippen LogP contribution in [0.4, 0.5) is 5.69 Å². The van der Waals surface area contributed by atoms with Gasteiger partial charge in [0.1, 0.15) is 0 Å². The van der Waals surface area contributed by atoms with E-state index in [0.717, 1.165) is 0 Å². The molecule has 34 heavy (non-hydrogen) atoms. The van der Waals surface area contributed by atoms with Crippen molar-refractivity contribution in [3.63, 3.8) is 0 Å². The number of carboxylic acid groups (broad SMARTS) is 1. The average Bonchev–Trinajstić information content (AvgIpc) is 2.84. The minimum Gasteiger partial charge on any atom is -0.481 e. The SMILES string of the molecule is C=NC(=Nc1cccc(-c2cccc(S(=O)(=O)NC(CC(=O)O)c3ccccc3)c2)c1)NC#N. The number of guanidine groups is 1. The molecule has 0 fully saturated rings. The molecule has 0 saturated carbocycles. The van der Waals surface area contributed by atoms with Crippen molar-refractivity contribution in [2.45, 2.75) is 17.4 Å². The van der Waals surface area contributed by atoms with Gasteiger partial charge in [-0.05, 0) is 47.7 Å². The quantitative estimate of drug-likeness (QED) is 0.196. The van der Waals surface area contributed by atoms with E-state index in [1.165, 1.54) is 12.1 Å². The number of nitrogens with one attached hydrogen (secondary N) is 2. The van der Waals surface area contributed by atoms with Gasteiger partial charge in [-0.2, -0.15) is 5.26 Å². The smallest absolute Gasteiger partial charge is 0.305 e. The molecule has 0 amide bonds. The number of aliphatic carboxylic acids is 1. The van der Waals surface area contributed by atoms with Crippen LogP contribution in [0, 0.1) is 11.5 Å². The molecule has 0 heterocycles. The van der Waals surface area contributed by atoms with Crippen LogP contribution < -0.4 is 10.0 Å². The van der Waals surface area contributed by atoms with Crippen LogP contribution in [0.2, 0.25) is 0 Å². The highest BCUT2D eigenvalue weighted by atomic mass is 32.2. The van der Waals surface area contributed by atoms with Crippen molar-refractivity contribution in [2.24, 2.45) is 9.98 Å². The fourth-order valence-electron chi connectivity index (χ4n) is 3.22. The molecule has 0 aliphatic carbocycles. The Balaban J connectivity index is 1.93. The molecule has 1 unspecified atom stereocenters. The molecule has 0 spiro atoms. The third-order valence-corrected chi connectivity index (χ3v) is 6.22. The topological polar surface area (TPSA) is 144 Å². The van der Waals surface area contributed by atoms with E-state index < -0.39 is 28.5 Å². The van der Waals surface area contributed by atoms with E-state index in [1.807, 2.05) is 0 Å². The number of carboxylic acids is 1. The summed E-state index contributed by atoms with van der Waals surface area (Å²) in [5.74, 6) is -1.09. The van der Waals surface area contributed by atoms with Crippen molar-refractivity contribution in [2.75, 3.05) is 0 Å². The number of sulfonamides is 1. The molecule has 3 aromatic carbocycles. The predicted molar refractivity (Wildman–Crippen MR) is 129 cm³/mol. The van der Waals surface area contributed by atoms with Gasteiger partial charge >= 0.3 is 5.97 Å². The van der Waals surface area contributed by atoms with Gasteiger partial charge in [0.05, 0.1) is 23.0 Å². The minimum absolute atomic E-state index is 0.00943. The van der Waals surface area contributed by atoms with Crippen LogP contribution in [0.15, 0.2) is 93.7 Å². The second kappa shape index (κ2) is 11.0. The Hall–Kier alpha value is -4.33. The number of aliphatic imine (C=N–C) groups is 2. The number of hydrogen-bond donors (Lipinski definition) is 3. The van der Waals surface area contributed by atoms with E-state index in [4.69, 9.17) is 5.26 Å². The van der Waals surface area contributed by atoms with E-state index in [1.54, 1.807) is 72.9 Å². The molecule has 3 aromatic rings. The van der Waals surface area contributed by atoms with Crippen molar-refractivity contribution in [3.8, 4) is 17.3 Å². The maximum Gasteiger partial charge on any atom is 0.305 e. The first kappa shape index (κ1) is 24.3. The van der Waals surface area contributed by atoms with Gasteiger partial charge in [-0.15, -0.1) is 0 Å². The van der Waals surface area contributed by atoms with Gasteiger partial charge in [0.2, 0.25) is 16.0 Å². The van der Waals surface area contributed by atoms with Crippen molar-refractivity contribution < 1.29 is 18.3 Å². The molecule has 0 aliphatic rings. The van der Waals surface area contributed by atoms with Gasteiger partial charge in [-0.1, -0.05) is 54.6 Å². The third kappa shape index (κ3) is 6.35. The van der Waals surface area contributed by atoms with Gasteiger partial charge in [-0.25, -0.2) is 23.1 Å². The van der Waals surface area contributed by atoms with Crippen LogP contribution in [-0.2, 0) is 14.8 Å². The lowest BCUT2D eigenvalue weighted by atomic mass is 10.1. The molecule has 9 nitrogen and oxygen atoms in total. The zero-order valence-electron chi connectivity index (χ0n) is 17.9. The van der Waals surface area contributed by atoms with Gasteiger partial charge in [-0.3, -0.25) is 10.1 Å². The summed E-state index contributed by atoms with van der Waals surface area (Å²) < 4.78 is 28.7. The molecule has 3 rings (SSSR count). The summed E-state index contributed by atoms with van der Waals surface area (Å²) in [5.41, 5.74) is 2.33. The summed E-state index contributed by atoms with van der Waals surface area (Å²) in [6.45, 7) is 3.35. The third-order valence-electron chi connectivity index (χ3n) is 4.75. The Bertz CT molecular complexity index is 1370. The number of carbonyl (C=O) groups is 1. The molecule has 10 heteroatoms. The molecular weight excluding hydrogens is 454 g/mol. The number of benzene rings is 3. The fraction of sp³-hybridized carbons (Fsp3) is 0.0833. The maximum atomic E-state index is 13.1. The molecule has 172 valence electrons. The highest BCUT2D eigenvalue weighted by Gasteiger charge is 2.24. The molecule has 0 aliphatic heterocycles. The largest absolute Gasteiger partial charge is 0.481 e. The lowest BCUT2D eigenvalue weighted by Crippen LogP contribution is -2.30. The molecule has 0 aromatic heterocycles.